The van der Waals surface area contributed by atoms with E-state index in [2.05, 4.69) is 13.8 Å². The maximum atomic E-state index is 12.9. The Morgan fingerprint density at radius 1 is 0.842 bits per heavy atom. The van der Waals surface area contributed by atoms with Gasteiger partial charge in [0.05, 0.1) is 0 Å². The summed E-state index contributed by atoms with van der Waals surface area (Å²) in [7, 11) is 0. The Balaban J connectivity index is 0.000000573. The van der Waals surface area contributed by atoms with E-state index >= 15 is 0 Å². The summed E-state index contributed by atoms with van der Waals surface area (Å²) in [6.45, 7) is 10.3. The fraction of sp³-hybridized carbons (Fsp3) is 0.333. The highest BCUT2D eigenvalue weighted by Gasteiger charge is 1.97. The third-order valence-corrected chi connectivity index (χ3v) is 2.21. The van der Waals surface area contributed by atoms with Crippen molar-refractivity contribution in [3.8, 4) is 11.1 Å². The average Bonchev–Trinajstić information content (AvgIpc) is 2.43. The second-order valence-electron chi connectivity index (χ2n) is 4.08. The van der Waals surface area contributed by atoms with E-state index in [9.17, 15) is 4.39 Å². The third kappa shape index (κ3) is 6.76. The molecule has 0 saturated heterocycles. The molecular weight excluding hydrogens is 235 g/mol. The molecule has 19 heavy (non-hydrogen) atoms. The van der Waals surface area contributed by atoms with E-state index < -0.39 is 0 Å². The van der Waals surface area contributed by atoms with Gasteiger partial charge in [0.25, 0.3) is 0 Å². The first kappa shape index (κ1) is 17.4. The predicted molar refractivity (Wildman–Crippen MR) is 83.9 cm³/mol. The zero-order valence-corrected chi connectivity index (χ0v) is 12.7. The molecule has 0 heterocycles. The summed E-state index contributed by atoms with van der Waals surface area (Å²) in [5.41, 5.74) is 3.19. The molecule has 0 amide bonds. The lowest BCUT2D eigenvalue weighted by atomic mass is 10.0. The van der Waals surface area contributed by atoms with Gasteiger partial charge in [0, 0.05) is 0 Å². The first-order chi connectivity index (χ1) is 9.17. The zero-order chi connectivity index (χ0) is 14.7. The molecule has 2 aromatic carbocycles. The highest BCUT2D eigenvalue weighted by Crippen LogP contribution is 2.20. The molecule has 0 fully saturated rings. The van der Waals surface area contributed by atoms with E-state index in [-0.39, 0.29) is 5.82 Å². The molecular formula is C18H25F. The Bertz CT molecular complexity index is 444. The average molecular weight is 260 g/mol. The molecule has 0 aliphatic heterocycles. The maximum Gasteiger partial charge on any atom is 0.123 e. The van der Waals surface area contributed by atoms with E-state index in [1.165, 1.54) is 18.1 Å². The molecule has 0 bridgehead atoms. The molecule has 104 valence electrons. The van der Waals surface area contributed by atoms with Crippen LogP contribution in [0.4, 0.5) is 4.39 Å². The summed E-state index contributed by atoms with van der Waals surface area (Å²) in [5, 5.41) is 0. The van der Waals surface area contributed by atoms with Crippen LogP contribution >= 0.6 is 0 Å². The van der Waals surface area contributed by atoms with Gasteiger partial charge in [-0.3, -0.25) is 0 Å². The number of halogens is 1. The Morgan fingerprint density at radius 3 is 1.84 bits per heavy atom. The number of aryl methyl sites for hydroxylation is 1. The lowest BCUT2D eigenvalue weighted by Crippen LogP contribution is -1.80. The number of benzene rings is 2. The Hall–Kier alpha value is -1.63. The Kier molecular flexibility index (Phi) is 9.42. The molecule has 0 nitrogen and oxygen atoms in total. The Labute approximate surface area is 117 Å². The van der Waals surface area contributed by atoms with Crippen molar-refractivity contribution in [3.05, 3.63) is 59.9 Å². The van der Waals surface area contributed by atoms with E-state index in [0.29, 0.717) is 0 Å². The molecule has 0 saturated carbocycles. The molecule has 0 N–H and O–H groups in total. The van der Waals surface area contributed by atoms with Crippen molar-refractivity contribution in [1.29, 1.82) is 0 Å². The second kappa shape index (κ2) is 10.3. The number of hydrogen-bond donors (Lipinski definition) is 0. The Morgan fingerprint density at radius 2 is 1.37 bits per heavy atom. The van der Waals surface area contributed by atoms with E-state index in [1.54, 1.807) is 12.1 Å². The molecule has 0 aliphatic rings. The summed E-state index contributed by atoms with van der Waals surface area (Å²) in [5.74, 6) is -0.192. The number of hydrogen-bond acceptors (Lipinski definition) is 0. The summed E-state index contributed by atoms with van der Waals surface area (Å²) in [4.78, 5) is 0. The summed E-state index contributed by atoms with van der Waals surface area (Å²) in [6.07, 6.45) is 1.25. The van der Waals surface area contributed by atoms with Gasteiger partial charge in [0.15, 0.2) is 0 Å². The van der Waals surface area contributed by atoms with Gasteiger partial charge in [-0.15, -0.1) is 0 Å². The molecule has 2 rings (SSSR count). The molecule has 0 aliphatic carbocycles. The van der Waals surface area contributed by atoms with Gasteiger partial charge < -0.3 is 0 Å². The minimum atomic E-state index is -0.192. The van der Waals surface area contributed by atoms with Crippen LogP contribution < -0.4 is 0 Å². The summed E-state index contributed by atoms with van der Waals surface area (Å²) in [6, 6.07) is 14.7. The largest absolute Gasteiger partial charge is 0.207 e. The lowest BCUT2D eigenvalue weighted by Gasteiger charge is -2.01. The van der Waals surface area contributed by atoms with Crippen LogP contribution in [-0.4, -0.2) is 0 Å². The van der Waals surface area contributed by atoms with E-state index in [0.717, 1.165) is 11.1 Å². The van der Waals surface area contributed by atoms with Crippen molar-refractivity contribution in [2.75, 3.05) is 0 Å². The van der Waals surface area contributed by atoms with Gasteiger partial charge in [-0.1, -0.05) is 76.1 Å². The molecule has 0 unspecified atom stereocenters. The fourth-order valence-corrected chi connectivity index (χ4v) is 1.41. The predicted octanol–water partition coefficient (Wildman–Crippen LogP) is 6.24. The highest BCUT2D eigenvalue weighted by atomic mass is 19.1. The van der Waals surface area contributed by atoms with Crippen LogP contribution in [0.15, 0.2) is 48.5 Å². The first-order valence-corrected chi connectivity index (χ1v) is 7.00. The lowest BCUT2D eigenvalue weighted by molar-refractivity contribution is 0.628. The van der Waals surface area contributed by atoms with Crippen LogP contribution in [-0.2, 0) is 0 Å². The van der Waals surface area contributed by atoms with Crippen molar-refractivity contribution < 1.29 is 4.39 Å². The van der Waals surface area contributed by atoms with Crippen LogP contribution in [0, 0.1) is 12.7 Å². The minimum Gasteiger partial charge on any atom is -0.207 e. The maximum absolute atomic E-state index is 12.9. The van der Waals surface area contributed by atoms with Crippen LogP contribution in [0.1, 0.15) is 39.7 Å². The quantitative estimate of drug-likeness (QED) is 0.569. The monoisotopic (exact) mass is 260 g/mol. The van der Waals surface area contributed by atoms with Crippen LogP contribution in [0.3, 0.4) is 0 Å². The fourth-order valence-electron chi connectivity index (χ4n) is 1.41. The van der Waals surface area contributed by atoms with Gasteiger partial charge in [0.1, 0.15) is 5.82 Å². The molecule has 0 spiro atoms. The van der Waals surface area contributed by atoms with Gasteiger partial charge in [-0.25, -0.2) is 4.39 Å². The molecule has 0 aromatic heterocycles. The minimum absolute atomic E-state index is 0.192. The number of rotatable bonds is 1. The van der Waals surface area contributed by atoms with Gasteiger partial charge in [-0.2, -0.15) is 0 Å². The molecule has 1 heteroatoms. The van der Waals surface area contributed by atoms with Crippen molar-refractivity contribution in [1.82, 2.24) is 0 Å². The van der Waals surface area contributed by atoms with Crippen molar-refractivity contribution in [3.63, 3.8) is 0 Å². The topological polar surface area (TPSA) is 0 Å². The first-order valence-electron chi connectivity index (χ1n) is 7.00. The second-order valence-corrected chi connectivity index (χ2v) is 4.08. The smallest absolute Gasteiger partial charge is 0.123 e. The van der Waals surface area contributed by atoms with Crippen molar-refractivity contribution >= 4 is 0 Å². The van der Waals surface area contributed by atoms with Crippen molar-refractivity contribution in [2.45, 2.75) is 41.0 Å². The van der Waals surface area contributed by atoms with Crippen molar-refractivity contribution in [2.24, 2.45) is 0 Å². The van der Waals surface area contributed by atoms with Crippen LogP contribution in [0.25, 0.3) is 11.1 Å². The van der Waals surface area contributed by atoms with Gasteiger partial charge in [0.2, 0.25) is 0 Å². The van der Waals surface area contributed by atoms with Crippen LogP contribution in [0.2, 0.25) is 0 Å². The summed E-state index contributed by atoms with van der Waals surface area (Å²) >= 11 is 0. The van der Waals surface area contributed by atoms with Gasteiger partial charge in [-0.05, 0) is 30.2 Å². The molecule has 0 atom stereocenters. The summed E-state index contributed by atoms with van der Waals surface area (Å²) < 4.78 is 12.9. The zero-order valence-electron chi connectivity index (χ0n) is 12.7. The standard InChI is InChI=1S/C13H11F.C3H8.C2H6/c1-10-5-7-11(8-6-10)12-3-2-4-13(14)9-12;1-3-2;1-2/h2-9H,1H3;3H2,1-2H3;1-2H3. The molecule has 0 radical (unpaired) electrons. The van der Waals surface area contributed by atoms with Gasteiger partial charge >= 0.3 is 0 Å². The van der Waals surface area contributed by atoms with Crippen LogP contribution in [0.5, 0.6) is 0 Å². The SMILES string of the molecule is CC.CCC.Cc1ccc(-c2cccc(F)c2)cc1. The third-order valence-electron chi connectivity index (χ3n) is 2.21. The normalized spacial score (nSPS) is 8.74. The van der Waals surface area contributed by atoms with E-state index in [4.69, 9.17) is 0 Å². The molecule has 2 aromatic rings. The highest BCUT2D eigenvalue weighted by molar-refractivity contribution is 5.63. The van der Waals surface area contributed by atoms with E-state index in [1.807, 2.05) is 51.1 Å².